The van der Waals surface area contributed by atoms with Crippen LogP contribution in [0.3, 0.4) is 0 Å². The molecule has 0 aliphatic carbocycles. The van der Waals surface area contributed by atoms with Crippen molar-refractivity contribution in [2.75, 3.05) is 18.1 Å². The summed E-state index contributed by atoms with van der Waals surface area (Å²) in [6.45, 7) is 1.35. The van der Waals surface area contributed by atoms with Crippen LogP contribution in [0.5, 0.6) is 5.88 Å². The third kappa shape index (κ3) is 4.04. The molecule has 1 aliphatic rings. The van der Waals surface area contributed by atoms with Crippen LogP contribution in [0.15, 0.2) is 42.9 Å². The fourth-order valence-corrected chi connectivity index (χ4v) is 3.37. The van der Waals surface area contributed by atoms with Crippen molar-refractivity contribution >= 4 is 17.7 Å². The Kier molecular flexibility index (Phi) is 5.00. The Balaban J connectivity index is 1.47. The Labute approximate surface area is 134 Å². The number of aromatic nitrogens is 2. The molecule has 6 heteroatoms. The number of amides is 1. The lowest BCUT2D eigenvalue weighted by Crippen LogP contribution is -2.27. The van der Waals surface area contributed by atoms with Gasteiger partial charge < -0.3 is 14.6 Å². The lowest BCUT2D eigenvalue weighted by atomic mass is 10.2. The van der Waals surface area contributed by atoms with Gasteiger partial charge in [0.05, 0.1) is 5.56 Å². The molecule has 1 aliphatic heterocycles. The Hall–Kier alpha value is -1.95. The molecule has 1 atom stereocenters. The average molecular weight is 317 g/mol. The zero-order valence-corrected chi connectivity index (χ0v) is 13.1. The Morgan fingerprint density at radius 3 is 2.95 bits per heavy atom. The number of nitrogens with zero attached hydrogens (tertiary/aromatic N) is 2. The largest absolute Gasteiger partial charge is 0.473 e. The summed E-state index contributed by atoms with van der Waals surface area (Å²) < 4.78 is 7.80. The van der Waals surface area contributed by atoms with Gasteiger partial charge in [-0.3, -0.25) is 4.79 Å². The smallest absolute Gasteiger partial charge is 0.252 e. The molecular weight excluding hydrogens is 298 g/mol. The van der Waals surface area contributed by atoms with Crippen molar-refractivity contribution in [1.29, 1.82) is 0 Å². The summed E-state index contributed by atoms with van der Waals surface area (Å²) in [5, 5.41) is 2.89. The first kappa shape index (κ1) is 15.0. The minimum Gasteiger partial charge on any atom is -0.473 e. The molecule has 0 aromatic carbocycles. The van der Waals surface area contributed by atoms with Gasteiger partial charge in [0, 0.05) is 43.5 Å². The third-order valence-electron chi connectivity index (χ3n) is 3.50. The van der Waals surface area contributed by atoms with Gasteiger partial charge in [0.25, 0.3) is 5.91 Å². The summed E-state index contributed by atoms with van der Waals surface area (Å²) in [7, 11) is 0. The molecule has 1 fully saturated rings. The summed E-state index contributed by atoms with van der Waals surface area (Å²) in [6, 6.07) is 7.46. The SMILES string of the molecule is O=C(NCCn1cccc1)c1ccc(O[C@@H]2CCSC2)nc1. The average Bonchev–Trinajstić information content (AvgIpc) is 3.21. The lowest BCUT2D eigenvalue weighted by Gasteiger charge is -2.11. The predicted octanol–water partition coefficient (Wildman–Crippen LogP) is 2.20. The van der Waals surface area contributed by atoms with Crippen LogP contribution < -0.4 is 10.1 Å². The number of carbonyl (C=O) groups is 1. The van der Waals surface area contributed by atoms with Crippen molar-refractivity contribution in [2.45, 2.75) is 19.1 Å². The summed E-state index contributed by atoms with van der Waals surface area (Å²) in [4.78, 5) is 16.2. The van der Waals surface area contributed by atoms with E-state index in [2.05, 4.69) is 10.3 Å². The molecule has 0 spiro atoms. The van der Waals surface area contributed by atoms with Gasteiger partial charge in [-0.2, -0.15) is 11.8 Å². The lowest BCUT2D eigenvalue weighted by molar-refractivity contribution is 0.0952. The highest BCUT2D eigenvalue weighted by atomic mass is 32.2. The van der Waals surface area contributed by atoms with Gasteiger partial charge in [0.1, 0.15) is 6.10 Å². The Morgan fingerprint density at radius 1 is 1.41 bits per heavy atom. The van der Waals surface area contributed by atoms with Crippen LogP contribution >= 0.6 is 11.8 Å². The number of pyridine rings is 1. The fraction of sp³-hybridized carbons (Fsp3) is 0.375. The van der Waals surface area contributed by atoms with E-state index >= 15 is 0 Å². The zero-order valence-electron chi connectivity index (χ0n) is 12.3. The second-order valence-corrected chi connectivity index (χ2v) is 6.32. The molecule has 5 nitrogen and oxygen atoms in total. The summed E-state index contributed by atoms with van der Waals surface area (Å²) in [5.41, 5.74) is 0.556. The van der Waals surface area contributed by atoms with E-state index in [1.807, 2.05) is 40.9 Å². The minimum atomic E-state index is -0.109. The van der Waals surface area contributed by atoms with Crippen LogP contribution in [-0.4, -0.2) is 39.6 Å². The van der Waals surface area contributed by atoms with E-state index in [-0.39, 0.29) is 12.0 Å². The zero-order chi connectivity index (χ0) is 15.2. The van der Waals surface area contributed by atoms with Gasteiger partial charge in [-0.25, -0.2) is 4.98 Å². The summed E-state index contributed by atoms with van der Waals surface area (Å²) in [5.74, 6) is 2.65. The first-order chi connectivity index (χ1) is 10.8. The molecule has 22 heavy (non-hydrogen) atoms. The maximum Gasteiger partial charge on any atom is 0.252 e. The van der Waals surface area contributed by atoms with Crippen molar-refractivity contribution < 1.29 is 9.53 Å². The van der Waals surface area contributed by atoms with E-state index in [9.17, 15) is 4.79 Å². The molecular formula is C16H19N3O2S. The highest BCUT2D eigenvalue weighted by Crippen LogP contribution is 2.21. The van der Waals surface area contributed by atoms with Crippen LogP contribution in [0.4, 0.5) is 0 Å². The Bertz CT molecular complexity index is 592. The number of ether oxygens (including phenoxy) is 1. The molecule has 3 rings (SSSR count). The topological polar surface area (TPSA) is 56.2 Å². The molecule has 0 saturated carbocycles. The quantitative estimate of drug-likeness (QED) is 0.887. The standard InChI is InChI=1S/C16H19N3O2S/c20-16(17-6-9-19-7-1-2-8-19)13-3-4-15(18-11-13)21-14-5-10-22-12-14/h1-4,7-8,11,14H,5-6,9-10,12H2,(H,17,20)/t14-/m1/s1. The molecule has 0 bridgehead atoms. The van der Waals surface area contributed by atoms with Gasteiger partial charge in [0.15, 0.2) is 0 Å². The van der Waals surface area contributed by atoms with Crippen molar-refractivity contribution in [2.24, 2.45) is 0 Å². The predicted molar refractivity (Wildman–Crippen MR) is 87.4 cm³/mol. The van der Waals surface area contributed by atoms with E-state index in [4.69, 9.17) is 4.74 Å². The number of hydrogen-bond donors (Lipinski definition) is 1. The first-order valence-corrected chi connectivity index (χ1v) is 8.56. The molecule has 0 radical (unpaired) electrons. The number of hydrogen-bond acceptors (Lipinski definition) is 4. The summed E-state index contributed by atoms with van der Waals surface area (Å²) >= 11 is 1.90. The molecule has 116 valence electrons. The van der Waals surface area contributed by atoms with E-state index in [0.29, 0.717) is 18.0 Å². The molecule has 0 unspecified atom stereocenters. The number of carbonyl (C=O) groups excluding carboxylic acids is 1. The second-order valence-electron chi connectivity index (χ2n) is 5.17. The van der Waals surface area contributed by atoms with Gasteiger partial charge in [-0.15, -0.1) is 0 Å². The van der Waals surface area contributed by atoms with Crippen molar-refractivity contribution in [3.63, 3.8) is 0 Å². The molecule has 3 heterocycles. The van der Waals surface area contributed by atoms with E-state index in [1.165, 1.54) is 0 Å². The van der Waals surface area contributed by atoms with Crippen LogP contribution in [0.1, 0.15) is 16.8 Å². The number of thioether (sulfide) groups is 1. The van der Waals surface area contributed by atoms with Crippen LogP contribution in [0.25, 0.3) is 0 Å². The fourth-order valence-electron chi connectivity index (χ4n) is 2.28. The van der Waals surface area contributed by atoms with Gasteiger partial charge in [0.2, 0.25) is 5.88 Å². The maximum absolute atomic E-state index is 12.0. The maximum atomic E-state index is 12.0. The van der Waals surface area contributed by atoms with Crippen molar-refractivity contribution in [3.05, 3.63) is 48.4 Å². The van der Waals surface area contributed by atoms with Crippen LogP contribution in [-0.2, 0) is 6.54 Å². The molecule has 2 aromatic rings. The van der Waals surface area contributed by atoms with Gasteiger partial charge in [-0.05, 0) is 30.4 Å². The van der Waals surface area contributed by atoms with Gasteiger partial charge >= 0.3 is 0 Å². The highest BCUT2D eigenvalue weighted by Gasteiger charge is 2.17. The Morgan fingerprint density at radius 2 is 2.27 bits per heavy atom. The molecule has 2 aromatic heterocycles. The normalized spacial score (nSPS) is 17.4. The molecule has 1 saturated heterocycles. The van der Waals surface area contributed by atoms with E-state index in [0.717, 1.165) is 24.5 Å². The van der Waals surface area contributed by atoms with Crippen molar-refractivity contribution in [1.82, 2.24) is 14.9 Å². The highest BCUT2D eigenvalue weighted by molar-refractivity contribution is 7.99. The van der Waals surface area contributed by atoms with Gasteiger partial charge in [-0.1, -0.05) is 0 Å². The third-order valence-corrected chi connectivity index (χ3v) is 4.63. The molecule has 1 N–H and O–H groups in total. The second kappa shape index (κ2) is 7.35. The monoisotopic (exact) mass is 317 g/mol. The molecule has 1 amide bonds. The number of rotatable bonds is 6. The summed E-state index contributed by atoms with van der Waals surface area (Å²) in [6.07, 6.45) is 6.83. The van der Waals surface area contributed by atoms with E-state index in [1.54, 1.807) is 18.3 Å². The van der Waals surface area contributed by atoms with E-state index < -0.39 is 0 Å². The minimum absolute atomic E-state index is 0.109. The first-order valence-electron chi connectivity index (χ1n) is 7.41. The van der Waals surface area contributed by atoms with Crippen LogP contribution in [0, 0.1) is 0 Å². The van der Waals surface area contributed by atoms with Crippen molar-refractivity contribution in [3.8, 4) is 5.88 Å². The number of nitrogens with one attached hydrogen (secondary N) is 1. The van der Waals surface area contributed by atoms with Crippen LogP contribution in [0.2, 0.25) is 0 Å².